The highest BCUT2D eigenvalue weighted by atomic mass is 35.5. The largest absolute Gasteiger partial charge is 0.447 e. The molecule has 0 atom stereocenters. The first-order chi connectivity index (χ1) is 18.8. The lowest BCUT2D eigenvalue weighted by molar-refractivity contribution is -0.121. The number of hydrogen-bond donors (Lipinski definition) is 2. The molecule has 206 valence electrons. The Kier molecular flexibility index (Phi) is 8.10. The molecule has 2 N–H and O–H groups in total. The van der Waals surface area contributed by atoms with Crippen LogP contribution in [0.4, 0.5) is 11.5 Å². The van der Waals surface area contributed by atoms with E-state index in [0.717, 1.165) is 52.0 Å². The minimum atomic E-state index is -0.616. The molecule has 5 rings (SSSR count). The van der Waals surface area contributed by atoms with E-state index in [0.29, 0.717) is 11.1 Å². The fraction of sp³-hybridized carbons (Fsp3) is 0.444. The van der Waals surface area contributed by atoms with Crippen LogP contribution in [0.2, 0.25) is 5.02 Å². The zero-order valence-electron chi connectivity index (χ0n) is 21.9. The summed E-state index contributed by atoms with van der Waals surface area (Å²) in [6.07, 6.45) is 4.71. The molecule has 2 aliphatic rings. The second kappa shape index (κ2) is 11.7. The smallest absolute Gasteiger partial charge is 0.294 e. The number of carbonyl (C=O) groups excluding carboxylic acids is 3. The molecule has 1 saturated carbocycles. The van der Waals surface area contributed by atoms with Crippen LogP contribution in [0.15, 0.2) is 34.9 Å². The second-order valence-electron chi connectivity index (χ2n) is 10.0. The quantitative estimate of drug-likeness (QED) is 0.472. The zero-order valence-corrected chi connectivity index (χ0v) is 22.7. The molecule has 0 radical (unpaired) electrons. The molecule has 3 amide bonds. The predicted octanol–water partition coefficient (Wildman–Crippen LogP) is 3.66. The van der Waals surface area contributed by atoms with Crippen molar-refractivity contribution in [1.82, 2.24) is 19.8 Å². The maximum absolute atomic E-state index is 13.4. The van der Waals surface area contributed by atoms with Gasteiger partial charge in [0.2, 0.25) is 11.7 Å². The molecule has 11 nitrogen and oxygen atoms in total. The van der Waals surface area contributed by atoms with Gasteiger partial charge in [-0.15, -0.1) is 0 Å². The summed E-state index contributed by atoms with van der Waals surface area (Å²) in [7, 11) is 3.25. The third-order valence-corrected chi connectivity index (χ3v) is 7.44. The van der Waals surface area contributed by atoms with Crippen molar-refractivity contribution in [2.24, 2.45) is 5.92 Å². The monoisotopic (exact) mass is 554 g/mol. The van der Waals surface area contributed by atoms with Crippen molar-refractivity contribution in [2.45, 2.75) is 31.7 Å². The molecule has 0 spiro atoms. The minimum absolute atomic E-state index is 0.126. The van der Waals surface area contributed by atoms with Gasteiger partial charge < -0.3 is 24.7 Å². The normalized spacial score (nSPS) is 20.0. The van der Waals surface area contributed by atoms with Gasteiger partial charge in [0.15, 0.2) is 5.58 Å². The van der Waals surface area contributed by atoms with E-state index in [1.54, 1.807) is 32.3 Å². The highest BCUT2D eigenvalue weighted by molar-refractivity contribution is 6.30. The number of anilines is 2. The number of morpholine rings is 1. The lowest BCUT2D eigenvalue weighted by Crippen LogP contribution is -2.45. The standard InChI is InChI=1S/C27H31ClN6O5/c1-33(2)27(37)19-8-9-20-22(30-19)23(24(39-20)26(36)31-21-10-5-17(28)15-29-21)32-25(35)16-3-6-18(7-4-16)34-11-13-38-14-12-34/h5,8-10,15-16,18H,3-4,6-7,11-14H2,1-2H3,(H,32,35)(H,29,31,36). The average molecular weight is 555 g/mol. The Morgan fingerprint density at radius 3 is 2.44 bits per heavy atom. The van der Waals surface area contributed by atoms with Crippen molar-refractivity contribution in [3.05, 3.63) is 46.9 Å². The van der Waals surface area contributed by atoms with Gasteiger partial charge in [-0.25, -0.2) is 9.97 Å². The van der Waals surface area contributed by atoms with Crippen molar-refractivity contribution < 1.29 is 23.5 Å². The molecule has 3 aromatic rings. The number of aromatic nitrogens is 2. The van der Waals surface area contributed by atoms with Crippen molar-refractivity contribution >= 4 is 51.9 Å². The van der Waals surface area contributed by atoms with Gasteiger partial charge >= 0.3 is 0 Å². The van der Waals surface area contributed by atoms with Gasteiger partial charge in [0.25, 0.3) is 11.8 Å². The highest BCUT2D eigenvalue weighted by Gasteiger charge is 2.32. The number of hydrogen-bond acceptors (Lipinski definition) is 8. The summed E-state index contributed by atoms with van der Waals surface area (Å²) in [5.41, 5.74) is 0.796. The molecular weight excluding hydrogens is 524 g/mol. The Balaban J connectivity index is 1.39. The molecule has 2 fully saturated rings. The zero-order chi connectivity index (χ0) is 27.5. The third kappa shape index (κ3) is 6.05. The lowest BCUT2D eigenvalue weighted by Gasteiger charge is -2.38. The number of furan rings is 1. The van der Waals surface area contributed by atoms with E-state index in [1.807, 2.05) is 0 Å². The van der Waals surface area contributed by atoms with Crippen LogP contribution in [0.5, 0.6) is 0 Å². The van der Waals surface area contributed by atoms with E-state index < -0.39 is 5.91 Å². The fourth-order valence-corrected chi connectivity index (χ4v) is 5.21. The lowest BCUT2D eigenvalue weighted by atomic mass is 9.84. The maximum Gasteiger partial charge on any atom is 0.294 e. The van der Waals surface area contributed by atoms with Crippen LogP contribution in [0.3, 0.4) is 0 Å². The minimum Gasteiger partial charge on any atom is -0.447 e. The number of rotatable bonds is 6. The molecular formula is C27H31ClN6O5. The van der Waals surface area contributed by atoms with Crippen LogP contribution in [0.1, 0.15) is 46.7 Å². The molecule has 0 unspecified atom stereocenters. The van der Waals surface area contributed by atoms with Crippen molar-refractivity contribution in [3.8, 4) is 0 Å². The molecule has 3 aromatic heterocycles. The summed E-state index contributed by atoms with van der Waals surface area (Å²) < 4.78 is 11.3. The highest BCUT2D eigenvalue weighted by Crippen LogP contribution is 2.34. The van der Waals surface area contributed by atoms with Crippen molar-refractivity contribution in [1.29, 1.82) is 0 Å². The number of nitrogens with zero attached hydrogens (tertiary/aromatic N) is 4. The van der Waals surface area contributed by atoms with E-state index in [1.165, 1.54) is 17.2 Å². The summed E-state index contributed by atoms with van der Waals surface area (Å²) in [6, 6.07) is 6.69. The van der Waals surface area contributed by atoms with Crippen molar-refractivity contribution in [3.63, 3.8) is 0 Å². The van der Waals surface area contributed by atoms with Gasteiger partial charge in [-0.1, -0.05) is 11.6 Å². The van der Waals surface area contributed by atoms with Gasteiger partial charge in [-0.2, -0.15) is 0 Å². The molecule has 1 aliphatic carbocycles. The maximum atomic E-state index is 13.4. The Labute approximate surface area is 230 Å². The molecule has 12 heteroatoms. The summed E-state index contributed by atoms with van der Waals surface area (Å²) in [5.74, 6) is -1.21. The van der Waals surface area contributed by atoms with Crippen LogP contribution < -0.4 is 10.6 Å². The van der Waals surface area contributed by atoms with Crippen LogP contribution in [-0.2, 0) is 9.53 Å². The van der Waals surface area contributed by atoms with Crippen LogP contribution >= 0.6 is 11.6 Å². The Morgan fingerprint density at radius 1 is 1.03 bits per heavy atom. The number of carbonyl (C=O) groups is 3. The van der Waals surface area contributed by atoms with E-state index in [9.17, 15) is 14.4 Å². The van der Waals surface area contributed by atoms with Crippen molar-refractivity contribution in [2.75, 3.05) is 51.0 Å². The van der Waals surface area contributed by atoms with Crippen LogP contribution in [0.25, 0.3) is 11.1 Å². The number of pyridine rings is 2. The van der Waals surface area contributed by atoms with E-state index in [4.69, 9.17) is 20.8 Å². The number of nitrogens with one attached hydrogen (secondary N) is 2. The molecule has 4 heterocycles. The fourth-order valence-electron chi connectivity index (χ4n) is 5.09. The molecule has 1 aliphatic heterocycles. The first-order valence-electron chi connectivity index (χ1n) is 13.0. The van der Waals surface area contributed by atoms with E-state index in [-0.39, 0.29) is 51.8 Å². The molecule has 0 bridgehead atoms. The first-order valence-corrected chi connectivity index (χ1v) is 13.4. The molecule has 1 saturated heterocycles. The summed E-state index contributed by atoms with van der Waals surface area (Å²) in [4.78, 5) is 51.7. The number of fused-ring (bicyclic) bond motifs is 1. The van der Waals surface area contributed by atoms with Crippen LogP contribution in [0, 0.1) is 5.92 Å². The predicted molar refractivity (Wildman–Crippen MR) is 146 cm³/mol. The second-order valence-corrected chi connectivity index (χ2v) is 10.4. The Hall–Kier alpha value is -3.54. The van der Waals surface area contributed by atoms with Gasteiger partial charge in [-0.3, -0.25) is 19.3 Å². The van der Waals surface area contributed by atoms with Crippen LogP contribution in [-0.4, -0.2) is 83.9 Å². The Bertz CT molecular complexity index is 1360. The number of ether oxygens (including phenoxy) is 1. The molecule has 0 aromatic carbocycles. The summed E-state index contributed by atoms with van der Waals surface area (Å²) in [5, 5.41) is 6.00. The summed E-state index contributed by atoms with van der Waals surface area (Å²) in [6.45, 7) is 3.33. The number of amides is 3. The molecule has 39 heavy (non-hydrogen) atoms. The van der Waals surface area contributed by atoms with E-state index >= 15 is 0 Å². The Morgan fingerprint density at radius 2 is 1.77 bits per heavy atom. The SMILES string of the molecule is CN(C)C(=O)c1ccc2oc(C(=O)Nc3ccc(Cl)cn3)c(NC(=O)C3CCC(N4CCOCC4)CC3)c2n1. The van der Waals surface area contributed by atoms with Gasteiger partial charge in [0, 0.05) is 45.3 Å². The third-order valence-electron chi connectivity index (χ3n) is 7.21. The topological polar surface area (TPSA) is 130 Å². The number of halogens is 1. The summed E-state index contributed by atoms with van der Waals surface area (Å²) >= 11 is 5.90. The van der Waals surface area contributed by atoms with Gasteiger partial charge in [0.05, 0.1) is 18.2 Å². The average Bonchev–Trinajstić information content (AvgIpc) is 3.32. The van der Waals surface area contributed by atoms with Gasteiger partial charge in [-0.05, 0) is 49.9 Å². The van der Waals surface area contributed by atoms with Gasteiger partial charge in [0.1, 0.15) is 22.7 Å². The first kappa shape index (κ1) is 27.0. The van der Waals surface area contributed by atoms with E-state index in [2.05, 4.69) is 25.5 Å².